The highest BCUT2D eigenvalue weighted by atomic mass is 32.1. The third-order valence-corrected chi connectivity index (χ3v) is 3.69. The van der Waals surface area contributed by atoms with Crippen LogP contribution in [-0.2, 0) is 6.54 Å². The second-order valence-electron chi connectivity index (χ2n) is 3.70. The zero-order valence-electron chi connectivity index (χ0n) is 8.99. The first kappa shape index (κ1) is 10.5. The molecule has 0 spiro atoms. The van der Waals surface area contributed by atoms with Gasteiger partial charge in [0.05, 0.1) is 12.5 Å². The van der Waals surface area contributed by atoms with Gasteiger partial charge < -0.3 is 9.73 Å². The molecule has 0 fully saturated rings. The van der Waals surface area contributed by atoms with E-state index < -0.39 is 0 Å². The Labute approximate surface area is 93.9 Å². The van der Waals surface area contributed by atoms with E-state index in [2.05, 4.69) is 30.6 Å². The summed E-state index contributed by atoms with van der Waals surface area (Å²) in [6, 6.07) is 4.55. The molecule has 2 aromatic rings. The van der Waals surface area contributed by atoms with Gasteiger partial charge >= 0.3 is 0 Å². The molecule has 2 aromatic heterocycles. The van der Waals surface area contributed by atoms with Crippen molar-refractivity contribution < 1.29 is 4.42 Å². The zero-order valence-corrected chi connectivity index (χ0v) is 9.80. The normalized spacial score (nSPS) is 12.9. The van der Waals surface area contributed by atoms with Crippen molar-refractivity contribution >= 4 is 11.3 Å². The van der Waals surface area contributed by atoms with E-state index in [4.69, 9.17) is 4.42 Å². The highest BCUT2D eigenvalue weighted by Crippen LogP contribution is 2.23. The number of rotatable bonds is 4. The Morgan fingerprint density at radius 2 is 2.33 bits per heavy atom. The van der Waals surface area contributed by atoms with E-state index in [-0.39, 0.29) is 0 Å². The number of thiophene rings is 1. The van der Waals surface area contributed by atoms with Crippen LogP contribution >= 0.6 is 11.3 Å². The molecular formula is C12H15NOS. The van der Waals surface area contributed by atoms with Crippen molar-refractivity contribution in [1.82, 2.24) is 5.32 Å². The zero-order chi connectivity index (χ0) is 10.7. The molecule has 1 unspecified atom stereocenters. The van der Waals surface area contributed by atoms with Gasteiger partial charge in [-0.15, -0.1) is 11.3 Å². The fourth-order valence-corrected chi connectivity index (χ4v) is 2.55. The maximum Gasteiger partial charge on any atom is 0.0947 e. The molecule has 15 heavy (non-hydrogen) atoms. The van der Waals surface area contributed by atoms with Crippen LogP contribution < -0.4 is 5.32 Å². The van der Waals surface area contributed by atoms with Gasteiger partial charge in [-0.1, -0.05) is 0 Å². The molecule has 3 heteroatoms. The van der Waals surface area contributed by atoms with Crippen LogP contribution in [0.25, 0.3) is 0 Å². The van der Waals surface area contributed by atoms with Crippen molar-refractivity contribution in [1.29, 1.82) is 0 Å². The Morgan fingerprint density at radius 3 is 2.93 bits per heavy atom. The lowest BCUT2D eigenvalue weighted by Crippen LogP contribution is -2.17. The Morgan fingerprint density at radius 1 is 1.47 bits per heavy atom. The molecule has 0 amide bonds. The summed E-state index contributed by atoms with van der Waals surface area (Å²) in [6.45, 7) is 5.20. The van der Waals surface area contributed by atoms with Crippen LogP contribution in [0.2, 0.25) is 0 Å². The minimum Gasteiger partial charge on any atom is -0.472 e. The summed E-state index contributed by atoms with van der Waals surface area (Å²) < 4.78 is 5.02. The van der Waals surface area contributed by atoms with Gasteiger partial charge in [-0.25, -0.2) is 0 Å². The minimum absolute atomic E-state index is 0.403. The highest BCUT2D eigenvalue weighted by molar-refractivity contribution is 7.10. The van der Waals surface area contributed by atoms with Crippen molar-refractivity contribution in [3.8, 4) is 0 Å². The molecule has 1 atom stereocenters. The van der Waals surface area contributed by atoms with E-state index in [1.165, 1.54) is 16.0 Å². The Balaban J connectivity index is 1.93. The van der Waals surface area contributed by atoms with Crippen LogP contribution in [-0.4, -0.2) is 0 Å². The lowest BCUT2D eigenvalue weighted by molar-refractivity contribution is 0.549. The number of nitrogens with one attached hydrogen (secondary N) is 1. The van der Waals surface area contributed by atoms with E-state index in [1.807, 2.05) is 17.4 Å². The first-order valence-corrected chi connectivity index (χ1v) is 5.94. The summed E-state index contributed by atoms with van der Waals surface area (Å²) in [6.07, 6.45) is 3.49. The summed E-state index contributed by atoms with van der Waals surface area (Å²) in [5.74, 6) is 0. The van der Waals surface area contributed by atoms with Crippen LogP contribution in [0.15, 0.2) is 34.5 Å². The molecule has 80 valence electrons. The summed E-state index contributed by atoms with van der Waals surface area (Å²) >= 11 is 1.81. The molecule has 0 aliphatic heterocycles. The largest absolute Gasteiger partial charge is 0.472 e. The lowest BCUT2D eigenvalue weighted by atomic mass is 10.2. The number of furan rings is 1. The Bertz CT molecular complexity index is 405. The smallest absolute Gasteiger partial charge is 0.0947 e. The van der Waals surface area contributed by atoms with Crippen molar-refractivity contribution in [3.63, 3.8) is 0 Å². The van der Waals surface area contributed by atoms with E-state index in [1.54, 1.807) is 12.5 Å². The summed E-state index contributed by atoms with van der Waals surface area (Å²) in [7, 11) is 0. The van der Waals surface area contributed by atoms with E-state index >= 15 is 0 Å². The fourth-order valence-electron chi connectivity index (χ4n) is 1.58. The molecule has 1 N–H and O–H groups in total. The molecule has 2 nitrogen and oxygen atoms in total. The standard InChI is InChI=1S/C12H15NOS/c1-9-4-6-15-12(9)10(2)13-7-11-3-5-14-8-11/h3-6,8,10,13H,7H2,1-2H3. The maximum absolute atomic E-state index is 5.02. The maximum atomic E-state index is 5.02. The summed E-state index contributed by atoms with van der Waals surface area (Å²) in [4.78, 5) is 1.42. The quantitative estimate of drug-likeness (QED) is 0.854. The molecule has 2 rings (SSSR count). The average Bonchev–Trinajstić information content (AvgIpc) is 2.84. The van der Waals surface area contributed by atoms with Gasteiger partial charge in [0.1, 0.15) is 0 Å². The van der Waals surface area contributed by atoms with Crippen molar-refractivity contribution in [3.05, 3.63) is 46.0 Å². The summed E-state index contributed by atoms with van der Waals surface area (Å²) in [5.41, 5.74) is 2.56. The second-order valence-corrected chi connectivity index (χ2v) is 4.65. The molecular weight excluding hydrogens is 206 g/mol. The molecule has 2 heterocycles. The average molecular weight is 221 g/mol. The van der Waals surface area contributed by atoms with Gasteiger partial charge in [0.25, 0.3) is 0 Å². The van der Waals surface area contributed by atoms with Crippen LogP contribution in [0.4, 0.5) is 0 Å². The van der Waals surface area contributed by atoms with Gasteiger partial charge in [-0.05, 0) is 36.9 Å². The van der Waals surface area contributed by atoms with Crippen molar-refractivity contribution in [2.75, 3.05) is 0 Å². The first-order valence-electron chi connectivity index (χ1n) is 5.06. The predicted octanol–water partition coefficient (Wildman–Crippen LogP) is 3.50. The third-order valence-electron chi connectivity index (χ3n) is 2.49. The topological polar surface area (TPSA) is 25.2 Å². The molecule has 0 bridgehead atoms. The first-order chi connectivity index (χ1) is 7.27. The molecule has 0 radical (unpaired) electrons. The third kappa shape index (κ3) is 2.49. The molecule has 0 aromatic carbocycles. The van der Waals surface area contributed by atoms with Crippen molar-refractivity contribution in [2.24, 2.45) is 0 Å². The second kappa shape index (κ2) is 4.64. The van der Waals surface area contributed by atoms with Crippen molar-refractivity contribution in [2.45, 2.75) is 26.4 Å². The van der Waals surface area contributed by atoms with Crippen LogP contribution in [0.3, 0.4) is 0 Å². The van der Waals surface area contributed by atoms with Gasteiger partial charge in [-0.2, -0.15) is 0 Å². The molecule has 0 aliphatic rings. The fraction of sp³-hybridized carbons (Fsp3) is 0.333. The predicted molar refractivity (Wildman–Crippen MR) is 63.0 cm³/mol. The van der Waals surface area contributed by atoms with Crippen LogP contribution in [0.1, 0.15) is 29.0 Å². The number of aryl methyl sites for hydroxylation is 1. The molecule has 0 aliphatic carbocycles. The molecule has 0 saturated carbocycles. The number of hydrogen-bond donors (Lipinski definition) is 1. The summed E-state index contributed by atoms with van der Waals surface area (Å²) in [5, 5.41) is 5.62. The van der Waals surface area contributed by atoms with E-state index in [9.17, 15) is 0 Å². The monoisotopic (exact) mass is 221 g/mol. The van der Waals surface area contributed by atoms with Crippen LogP contribution in [0.5, 0.6) is 0 Å². The van der Waals surface area contributed by atoms with E-state index in [0.717, 1.165) is 6.54 Å². The number of hydrogen-bond acceptors (Lipinski definition) is 3. The van der Waals surface area contributed by atoms with Gasteiger partial charge in [0, 0.05) is 23.0 Å². The van der Waals surface area contributed by atoms with Gasteiger partial charge in [-0.3, -0.25) is 0 Å². The van der Waals surface area contributed by atoms with E-state index in [0.29, 0.717) is 6.04 Å². The van der Waals surface area contributed by atoms with Gasteiger partial charge in [0.15, 0.2) is 0 Å². The molecule has 0 saturated heterocycles. The minimum atomic E-state index is 0.403. The Kier molecular flexibility index (Phi) is 3.23. The lowest BCUT2D eigenvalue weighted by Gasteiger charge is -2.12. The van der Waals surface area contributed by atoms with Crippen LogP contribution in [0, 0.1) is 6.92 Å². The Hall–Kier alpha value is -1.06. The highest BCUT2D eigenvalue weighted by Gasteiger charge is 2.08. The SMILES string of the molecule is Cc1ccsc1C(C)NCc1ccoc1. The van der Waals surface area contributed by atoms with Gasteiger partial charge in [0.2, 0.25) is 0 Å².